The maximum Gasteiger partial charge on any atom is 0.251 e. The van der Waals surface area contributed by atoms with Crippen LogP contribution in [0.5, 0.6) is 0 Å². The van der Waals surface area contributed by atoms with Gasteiger partial charge in [-0.2, -0.15) is 0 Å². The second-order valence-electron chi connectivity index (χ2n) is 6.23. The fourth-order valence-electron chi connectivity index (χ4n) is 2.78. The summed E-state index contributed by atoms with van der Waals surface area (Å²) in [5, 5.41) is 4.83. The summed E-state index contributed by atoms with van der Waals surface area (Å²) in [5.41, 5.74) is 1.55. The zero-order valence-corrected chi connectivity index (χ0v) is 16.0. The zero-order valence-electron chi connectivity index (χ0n) is 15.2. The number of nitrogens with zero attached hydrogens (tertiary/aromatic N) is 1. The van der Waals surface area contributed by atoms with Gasteiger partial charge in [0.1, 0.15) is 5.76 Å². The Morgan fingerprint density at radius 1 is 1.07 bits per heavy atom. The van der Waals surface area contributed by atoms with Crippen LogP contribution in [0.4, 0.5) is 0 Å². The van der Waals surface area contributed by atoms with Crippen LogP contribution in [0.1, 0.15) is 33.0 Å². The highest BCUT2D eigenvalue weighted by Crippen LogP contribution is 2.16. The Balaban J connectivity index is 1.57. The molecule has 0 spiro atoms. The molecule has 0 unspecified atom stereocenters. The molecule has 6 heteroatoms. The van der Waals surface area contributed by atoms with Gasteiger partial charge in [0.25, 0.3) is 5.91 Å². The molecular formula is C21H22N2O3S. The monoisotopic (exact) mass is 382 g/mol. The number of hydrogen-bond acceptors (Lipinski definition) is 4. The summed E-state index contributed by atoms with van der Waals surface area (Å²) in [6.07, 6.45) is 1.84. The van der Waals surface area contributed by atoms with Gasteiger partial charge in [0.2, 0.25) is 5.91 Å². The van der Waals surface area contributed by atoms with Crippen molar-refractivity contribution in [1.29, 1.82) is 0 Å². The number of hydrogen-bond donors (Lipinski definition) is 1. The summed E-state index contributed by atoms with van der Waals surface area (Å²) in [5.74, 6) is 0.561. The number of amides is 2. The first-order valence-electron chi connectivity index (χ1n) is 8.80. The molecular weight excluding hydrogens is 360 g/mol. The molecule has 0 atom stereocenters. The van der Waals surface area contributed by atoms with Gasteiger partial charge < -0.3 is 14.6 Å². The molecule has 140 valence electrons. The van der Waals surface area contributed by atoms with Crippen molar-refractivity contribution in [3.63, 3.8) is 0 Å². The predicted molar refractivity (Wildman–Crippen MR) is 105 cm³/mol. The van der Waals surface area contributed by atoms with Crippen molar-refractivity contribution in [3.05, 3.63) is 81.9 Å². The zero-order chi connectivity index (χ0) is 19.1. The first-order chi connectivity index (χ1) is 13.1. The van der Waals surface area contributed by atoms with E-state index < -0.39 is 0 Å². The molecule has 27 heavy (non-hydrogen) atoms. The number of carbonyl (C=O) groups is 2. The number of aryl methyl sites for hydroxylation is 1. The van der Waals surface area contributed by atoms with Crippen molar-refractivity contribution < 1.29 is 14.0 Å². The Kier molecular flexibility index (Phi) is 6.44. The summed E-state index contributed by atoms with van der Waals surface area (Å²) in [6, 6.07) is 15.1. The van der Waals surface area contributed by atoms with Crippen molar-refractivity contribution in [2.45, 2.75) is 26.4 Å². The number of nitrogens with one attached hydrogen (secondary N) is 1. The third-order valence-corrected chi connectivity index (χ3v) is 5.08. The lowest BCUT2D eigenvalue weighted by Gasteiger charge is -2.21. The summed E-state index contributed by atoms with van der Waals surface area (Å²) < 4.78 is 5.39. The molecule has 0 fully saturated rings. The van der Waals surface area contributed by atoms with Gasteiger partial charge in [0.15, 0.2) is 0 Å². The van der Waals surface area contributed by atoms with Crippen LogP contribution in [-0.2, 0) is 17.9 Å². The molecule has 0 aliphatic rings. The average Bonchev–Trinajstić information content (AvgIpc) is 3.35. The van der Waals surface area contributed by atoms with Crippen molar-refractivity contribution in [2.24, 2.45) is 0 Å². The van der Waals surface area contributed by atoms with Gasteiger partial charge in [0, 0.05) is 23.4 Å². The SMILES string of the molecule is Cc1ccccc1C(=O)NCCC(=O)N(Cc1ccco1)Cc1cccs1. The van der Waals surface area contributed by atoms with E-state index in [4.69, 9.17) is 4.42 Å². The molecule has 0 aliphatic carbocycles. The van der Waals surface area contributed by atoms with Crippen LogP contribution in [0.2, 0.25) is 0 Å². The van der Waals surface area contributed by atoms with Crippen LogP contribution in [0, 0.1) is 6.92 Å². The summed E-state index contributed by atoms with van der Waals surface area (Å²) in [4.78, 5) is 27.9. The van der Waals surface area contributed by atoms with Gasteiger partial charge in [-0.25, -0.2) is 0 Å². The maximum absolute atomic E-state index is 12.7. The van der Waals surface area contributed by atoms with Gasteiger partial charge in [0.05, 0.1) is 19.4 Å². The smallest absolute Gasteiger partial charge is 0.251 e. The van der Waals surface area contributed by atoms with E-state index in [1.54, 1.807) is 28.6 Å². The normalized spacial score (nSPS) is 10.6. The molecule has 0 bridgehead atoms. The average molecular weight is 382 g/mol. The number of furan rings is 1. The molecule has 1 aromatic carbocycles. The molecule has 0 saturated heterocycles. The van der Waals surface area contributed by atoms with E-state index in [9.17, 15) is 9.59 Å². The highest BCUT2D eigenvalue weighted by molar-refractivity contribution is 7.09. The van der Waals surface area contributed by atoms with Crippen LogP contribution in [0.15, 0.2) is 64.6 Å². The van der Waals surface area contributed by atoms with Gasteiger partial charge in [-0.3, -0.25) is 9.59 Å². The van der Waals surface area contributed by atoms with Crippen LogP contribution < -0.4 is 5.32 Å². The van der Waals surface area contributed by atoms with Crippen molar-refractivity contribution in [2.75, 3.05) is 6.54 Å². The van der Waals surface area contributed by atoms with Gasteiger partial charge in [-0.05, 0) is 42.1 Å². The first-order valence-corrected chi connectivity index (χ1v) is 9.68. The summed E-state index contributed by atoms with van der Waals surface area (Å²) in [6.45, 7) is 3.13. The van der Waals surface area contributed by atoms with Crippen LogP contribution in [0.25, 0.3) is 0 Å². The number of benzene rings is 1. The van der Waals surface area contributed by atoms with Crippen LogP contribution in [-0.4, -0.2) is 23.3 Å². The van der Waals surface area contributed by atoms with E-state index in [1.807, 2.05) is 54.8 Å². The Labute approximate surface area is 162 Å². The van der Waals surface area contributed by atoms with E-state index in [-0.39, 0.29) is 18.2 Å². The van der Waals surface area contributed by atoms with E-state index in [0.29, 0.717) is 25.2 Å². The minimum Gasteiger partial charge on any atom is -0.467 e. The van der Waals surface area contributed by atoms with E-state index in [0.717, 1.165) is 16.2 Å². The summed E-state index contributed by atoms with van der Waals surface area (Å²) in [7, 11) is 0. The number of carbonyl (C=O) groups excluding carboxylic acids is 2. The third kappa shape index (κ3) is 5.31. The third-order valence-electron chi connectivity index (χ3n) is 4.22. The highest BCUT2D eigenvalue weighted by Gasteiger charge is 2.17. The van der Waals surface area contributed by atoms with Crippen molar-refractivity contribution >= 4 is 23.2 Å². The van der Waals surface area contributed by atoms with Crippen LogP contribution >= 0.6 is 11.3 Å². The second kappa shape index (κ2) is 9.19. The molecule has 5 nitrogen and oxygen atoms in total. The Morgan fingerprint density at radius 3 is 2.63 bits per heavy atom. The summed E-state index contributed by atoms with van der Waals surface area (Å²) >= 11 is 1.61. The predicted octanol–water partition coefficient (Wildman–Crippen LogP) is 4.00. The second-order valence-corrected chi connectivity index (χ2v) is 7.26. The van der Waals surface area contributed by atoms with Crippen molar-refractivity contribution in [1.82, 2.24) is 10.2 Å². The lowest BCUT2D eigenvalue weighted by Crippen LogP contribution is -2.34. The van der Waals surface area contributed by atoms with E-state index in [2.05, 4.69) is 5.32 Å². The highest BCUT2D eigenvalue weighted by atomic mass is 32.1. The fraction of sp³-hybridized carbons (Fsp3) is 0.238. The maximum atomic E-state index is 12.7. The molecule has 1 N–H and O–H groups in total. The lowest BCUT2D eigenvalue weighted by atomic mass is 10.1. The molecule has 0 saturated carbocycles. The number of rotatable bonds is 8. The molecule has 2 heterocycles. The molecule has 0 radical (unpaired) electrons. The van der Waals surface area contributed by atoms with Gasteiger partial charge in [-0.15, -0.1) is 11.3 Å². The fourth-order valence-corrected chi connectivity index (χ4v) is 3.50. The minimum atomic E-state index is -0.156. The van der Waals surface area contributed by atoms with E-state index >= 15 is 0 Å². The van der Waals surface area contributed by atoms with E-state index in [1.165, 1.54) is 0 Å². The molecule has 2 aromatic heterocycles. The molecule has 3 rings (SSSR count). The largest absolute Gasteiger partial charge is 0.467 e. The minimum absolute atomic E-state index is 0.0233. The lowest BCUT2D eigenvalue weighted by molar-refractivity contribution is -0.132. The Hall–Kier alpha value is -2.86. The van der Waals surface area contributed by atoms with Crippen molar-refractivity contribution in [3.8, 4) is 0 Å². The van der Waals surface area contributed by atoms with Crippen LogP contribution in [0.3, 0.4) is 0 Å². The molecule has 2 amide bonds. The first kappa shape index (κ1) is 18.9. The standard InChI is InChI=1S/C21H22N2O3S/c1-16-6-2-3-9-19(16)21(25)22-11-10-20(24)23(14-17-7-4-12-26-17)15-18-8-5-13-27-18/h2-9,12-13H,10-11,14-15H2,1H3,(H,22,25). The van der Waals surface area contributed by atoms with Gasteiger partial charge >= 0.3 is 0 Å². The number of thiophene rings is 1. The Bertz CT molecular complexity index is 836. The molecule has 0 aliphatic heterocycles. The topological polar surface area (TPSA) is 62.6 Å². The Morgan fingerprint density at radius 2 is 1.93 bits per heavy atom. The van der Waals surface area contributed by atoms with Gasteiger partial charge in [-0.1, -0.05) is 24.3 Å². The molecule has 3 aromatic rings. The quantitative estimate of drug-likeness (QED) is 0.641.